The van der Waals surface area contributed by atoms with Crippen LogP contribution in [0.4, 0.5) is 0 Å². The summed E-state index contributed by atoms with van der Waals surface area (Å²) in [5.74, 6) is 0. The minimum absolute atomic E-state index is 0. The molecule has 0 aliphatic heterocycles. The van der Waals surface area contributed by atoms with Gasteiger partial charge in [-0.1, -0.05) is 64.7 Å². The SMILES string of the molecule is CCCCCCCCCCCCOS(=O)(=O)O.Cl.Cl.Cl. The Morgan fingerprint density at radius 1 is 0.750 bits per heavy atom. The lowest BCUT2D eigenvalue weighted by atomic mass is 10.1. The number of unbranched alkanes of at least 4 members (excludes halogenated alkanes) is 9. The van der Waals surface area contributed by atoms with Crippen LogP contribution in [0.2, 0.25) is 0 Å². The molecule has 0 bridgehead atoms. The van der Waals surface area contributed by atoms with E-state index in [0.29, 0.717) is 6.42 Å². The molecule has 0 saturated carbocycles. The maximum atomic E-state index is 10.2. The van der Waals surface area contributed by atoms with Crippen LogP contribution in [0, 0.1) is 0 Å². The minimum Gasteiger partial charge on any atom is -0.264 e. The zero-order valence-electron chi connectivity index (χ0n) is 12.1. The van der Waals surface area contributed by atoms with E-state index in [2.05, 4.69) is 11.1 Å². The molecule has 0 aromatic heterocycles. The highest BCUT2D eigenvalue weighted by molar-refractivity contribution is 7.80. The van der Waals surface area contributed by atoms with E-state index in [4.69, 9.17) is 4.55 Å². The van der Waals surface area contributed by atoms with E-state index < -0.39 is 10.4 Å². The molecule has 0 aliphatic carbocycles. The van der Waals surface area contributed by atoms with Gasteiger partial charge >= 0.3 is 10.4 Å². The van der Waals surface area contributed by atoms with Gasteiger partial charge in [-0.25, -0.2) is 4.18 Å². The summed E-state index contributed by atoms with van der Waals surface area (Å²) in [7, 11) is -4.23. The van der Waals surface area contributed by atoms with E-state index in [1.807, 2.05) is 0 Å². The van der Waals surface area contributed by atoms with Gasteiger partial charge in [-0.05, 0) is 6.42 Å². The summed E-state index contributed by atoms with van der Waals surface area (Å²) in [6.07, 6.45) is 11.9. The zero-order chi connectivity index (χ0) is 13.0. The van der Waals surface area contributed by atoms with Gasteiger partial charge in [0.05, 0.1) is 6.61 Å². The van der Waals surface area contributed by atoms with Gasteiger partial charge in [0.25, 0.3) is 0 Å². The van der Waals surface area contributed by atoms with E-state index >= 15 is 0 Å². The molecule has 0 rings (SSSR count). The highest BCUT2D eigenvalue weighted by atomic mass is 35.5. The van der Waals surface area contributed by atoms with Crippen molar-refractivity contribution in [1.82, 2.24) is 0 Å². The van der Waals surface area contributed by atoms with Crippen LogP contribution in [-0.2, 0) is 14.6 Å². The summed E-state index contributed by atoms with van der Waals surface area (Å²) in [6.45, 7) is 2.31. The molecule has 8 heteroatoms. The molecule has 0 saturated heterocycles. The Morgan fingerprint density at radius 3 is 1.45 bits per heavy atom. The molecule has 0 fully saturated rings. The first kappa shape index (κ1) is 28.8. The first-order valence-corrected chi connectivity index (χ1v) is 8.04. The highest BCUT2D eigenvalue weighted by Crippen LogP contribution is 2.10. The average molecular weight is 376 g/mol. The van der Waals surface area contributed by atoms with Crippen LogP contribution >= 0.6 is 37.2 Å². The van der Waals surface area contributed by atoms with Gasteiger partial charge in [0.1, 0.15) is 0 Å². The third-order valence-electron chi connectivity index (χ3n) is 2.73. The highest BCUT2D eigenvalue weighted by Gasteiger charge is 2.02. The topological polar surface area (TPSA) is 63.6 Å². The molecular weight excluding hydrogens is 347 g/mol. The lowest BCUT2D eigenvalue weighted by Crippen LogP contribution is -2.04. The van der Waals surface area contributed by atoms with Gasteiger partial charge in [0.2, 0.25) is 0 Å². The van der Waals surface area contributed by atoms with Crippen LogP contribution in [0.15, 0.2) is 0 Å². The van der Waals surface area contributed by atoms with Crippen molar-refractivity contribution in [3.05, 3.63) is 0 Å². The molecule has 0 aromatic carbocycles. The van der Waals surface area contributed by atoms with Crippen LogP contribution in [0.1, 0.15) is 71.1 Å². The summed E-state index contributed by atoms with van der Waals surface area (Å²) in [4.78, 5) is 0. The maximum Gasteiger partial charge on any atom is 0.397 e. The van der Waals surface area contributed by atoms with Crippen molar-refractivity contribution in [3.63, 3.8) is 0 Å². The normalized spacial score (nSPS) is 10.1. The monoisotopic (exact) mass is 374 g/mol. The Labute approximate surface area is 142 Å². The van der Waals surface area contributed by atoms with Crippen molar-refractivity contribution in [2.45, 2.75) is 71.1 Å². The van der Waals surface area contributed by atoms with Crippen molar-refractivity contribution in [3.8, 4) is 0 Å². The molecule has 0 unspecified atom stereocenters. The molecule has 1 N–H and O–H groups in total. The Bertz CT molecular complexity index is 261. The van der Waals surface area contributed by atoms with Crippen LogP contribution in [0.5, 0.6) is 0 Å². The van der Waals surface area contributed by atoms with Gasteiger partial charge in [-0.2, -0.15) is 8.42 Å². The van der Waals surface area contributed by atoms with E-state index in [1.54, 1.807) is 0 Å². The molecule has 4 nitrogen and oxygen atoms in total. The second-order valence-corrected chi connectivity index (χ2v) is 5.52. The summed E-state index contributed by atoms with van der Waals surface area (Å²) < 4.78 is 33.0. The van der Waals surface area contributed by atoms with Crippen molar-refractivity contribution in [2.75, 3.05) is 6.61 Å². The first-order chi connectivity index (χ1) is 8.06. The molecule has 0 aliphatic rings. The number of rotatable bonds is 12. The predicted molar refractivity (Wildman–Crippen MR) is 91.1 cm³/mol. The smallest absolute Gasteiger partial charge is 0.264 e. The van der Waals surface area contributed by atoms with Gasteiger partial charge in [-0.15, -0.1) is 37.2 Å². The lowest BCUT2D eigenvalue weighted by Gasteiger charge is -2.02. The van der Waals surface area contributed by atoms with Crippen molar-refractivity contribution in [2.24, 2.45) is 0 Å². The molecule has 0 aromatic rings. The summed E-state index contributed by atoms with van der Waals surface area (Å²) in [5, 5.41) is 0. The quantitative estimate of drug-likeness (QED) is 0.385. The molecule has 0 atom stereocenters. The Morgan fingerprint density at radius 2 is 1.10 bits per heavy atom. The molecule has 0 radical (unpaired) electrons. The van der Waals surface area contributed by atoms with E-state index in [0.717, 1.165) is 12.8 Å². The van der Waals surface area contributed by atoms with Crippen molar-refractivity contribution >= 4 is 47.6 Å². The van der Waals surface area contributed by atoms with Crippen molar-refractivity contribution in [1.29, 1.82) is 0 Å². The fourth-order valence-electron chi connectivity index (χ4n) is 1.75. The average Bonchev–Trinajstić information content (AvgIpc) is 2.24. The fourth-order valence-corrected chi connectivity index (χ4v) is 2.08. The van der Waals surface area contributed by atoms with E-state index in [-0.39, 0.29) is 43.8 Å². The number of halogens is 3. The molecular formula is C12H29Cl3O4S. The van der Waals surface area contributed by atoms with Crippen LogP contribution in [0.3, 0.4) is 0 Å². The molecule has 20 heavy (non-hydrogen) atoms. The van der Waals surface area contributed by atoms with Crippen LogP contribution in [0.25, 0.3) is 0 Å². The summed E-state index contributed by atoms with van der Waals surface area (Å²) in [6, 6.07) is 0. The minimum atomic E-state index is -4.23. The Kier molecular flexibility index (Phi) is 28.5. The second kappa shape index (κ2) is 19.7. The molecule has 128 valence electrons. The molecule has 0 amide bonds. The maximum absolute atomic E-state index is 10.2. The summed E-state index contributed by atoms with van der Waals surface area (Å²) >= 11 is 0. The van der Waals surface area contributed by atoms with Crippen LogP contribution < -0.4 is 0 Å². The number of hydrogen-bond donors (Lipinski definition) is 1. The molecule has 0 heterocycles. The third-order valence-corrected chi connectivity index (χ3v) is 3.19. The first-order valence-electron chi connectivity index (χ1n) is 6.68. The van der Waals surface area contributed by atoms with Crippen molar-refractivity contribution < 1.29 is 17.2 Å². The molecule has 0 spiro atoms. The van der Waals surface area contributed by atoms with Gasteiger partial charge in [-0.3, -0.25) is 4.55 Å². The zero-order valence-corrected chi connectivity index (χ0v) is 15.3. The summed E-state index contributed by atoms with van der Waals surface area (Å²) in [5.41, 5.74) is 0. The Balaban J connectivity index is -0.000000427. The van der Waals surface area contributed by atoms with Gasteiger partial charge < -0.3 is 0 Å². The van der Waals surface area contributed by atoms with E-state index in [9.17, 15) is 8.42 Å². The van der Waals surface area contributed by atoms with E-state index in [1.165, 1.54) is 44.9 Å². The van der Waals surface area contributed by atoms with Crippen LogP contribution in [-0.4, -0.2) is 19.6 Å². The predicted octanol–water partition coefficient (Wildman–Crippen LogP) is 4.99. The second-order valence-electron chi connectivity index (χ2n) is 4.43. The standard InChI is InChI=1S/C12H26O4S.3ClH/c1-2-3-4-5-6-7-8-9-10-11-12-16-17(13,14)15;;;/h2-12H2,1H3,(H,13,14,15);3*1H. The van der Waals surface area contributed by atoms with Gasteiger partial charge in [0.15, 0.2) is 0 Å². The lowest BCUT2D eigenvalue weighted by molar-refractivity contribution is 0.261. The third kappa shape index (κ3) is 27.1. The van der Waals surface area contributed by atoms with Gasteiger partial charge in [0, 0.05) is 0 Å². The number of hydrogen-bond acceptors (Lipinski definition) is 3. The fraction of sp³-hybridized carbons (Fsp3) is 1.00. The Hall–Kier alpha value is 0.740. The largest absolute Gasteiger partial charge is 0.397 e.